The Kier molecular flexibility index (Phi) is 18.1. The lowest BCUT2D eigenvalue weighted by Gasteiger charge is -2.10. The Bertz CT molecular complexity index is 198. The molecule has 0 bridgehead atoms. The molecule has 0 fully saturated rings. The van der Waals surface area contributed by atoms with E-state index in [0.29, 0.717) is 65.3 Å². The van der Waals surface area contributed by atoms with Crippen molar-refractivity contribution < 1.29 is 23.7 Å². The van der Waals surface area contributed by atoms with Crippen LogP contribution in [0.15, 0.2) is 0 Å². The second kappa shape index (κ2) is 18.1. The topological polar surface area (TPSA) is 49.4 Å². The van der Waals surface area contributed by atoms with Gasteiger partial charge >= 0.3 is 0 Å². The van der Waals surface area contributed by atoms with Crippen LogP contribution >= 0.6 is 11.6 Å². The molecule has 0 amide bonds. The number of likely N-dealkylation sites (N-methyl/N-ethyl adjacent to an activating group) is 1. The van der Waals surface area contributed by atoms with Crippen molar-refractivity contribution in [1.82, 2.24) is 4.90 Å². The minimum atomic E-state index is 0.518. The van der Waals surface area contributed by atoms with E-state index < -0.39 is 0 Å². The maximum absolute atomic E-state index is 5.46. The van der Waals surface area contributed by atoms with Crippen LogP contribution in [0.1, 0.15) is 0 Å². The average Bonchev–Trinajstić information content (AvgIpc) is 2.46. The van der Waals surface area contributed by atoms with Crippen molar-refractivity contribution in [3.8, 4) is 0 Å². The van der Waals surface area contributed by atoms with Gasteiger partial charge in [-0.2, -0.15) is 0 Å². The van der Waals surface area contributed by atoms with E-state index in [1.165, 1.54) is 0 Å². The van der Waals surface area contributed by atoms with Crippen molar-refractivity contribution in [2.45, 2.75) is 0 Å². The fraction of sp³-hybridized carbons (Fsp3) is 1.00. The molecule has 7 heteroatoms. The number of hydrogen-bond acceptors (Lipinski definition) is 6. The van der Waals surface area contributed by atoms with Crippen molar-refractivity contribution >= 4 is 11.6 Å². The SMILES string of the molecule is CN(C)CCOCCOCCOCCOCCOCCCl. The summed E-state index contributed by atoms with van der Waals surface area (Å²) in [7, 11) is 4.04. The molecular weight excluding hydrogens is 298 g/mol. The first-order chi connectivity index (χ1) is 10.3. The molecule has 0 atom stereocenters. The zero-order valence-corrected chi connectivity index (χ0v) is 14.1. The lowest BCUT2D eigenvalue weighted by atomic mass is 10.6. The molecule has 0 aliphatic heterocycles. The Hall–Kier alpha value is 0.0500. The summed E-state index contributed by atoms with van der Waals surface area (Å²) >= 11 is 5.46. The van der Waals surface area contributed by atoms with Gasteiger partial charge in [-0.15, -0.1) is 11.6 Å². The second-order valence-electron chi connectivity index (χ2n) is 4.55. The number of alkyl halides is 1. The van der Waals surface area contributed by atoms with Gasteiger partial charge in [-0.1, -0.05) is 0 Å². The first-order valence-electron chi connectivity index (χ1n) is 7.36. The van der Waals surface area contributed by atoms with E-state index >= 15 is 0 Å². The lowest BCUT2D eigenvalue weighted by molar-refractivity contribution is -0.0108. The van der Waals surface area contributed by atoms with E-state index in [2.05, 4.69) is 4.90 Å². The predicted molar refractivity (Wildman–Crippen MR) is 83.4 cm³/mol. The molecule has 0 radical (unpaired) electrons. The molecule has 0 rings (SSSR count). The summed E-state index contributed by atoms with van der Waals surface area (Å²) in [6.45, 7) is 6.89. The Morgan fingerprint density at radius 1 is 0.571 bits per heavy atom. The van der Waals surface area contributed by atoms with Gasteiger partial charge in [-0.05, 0) is 14.1 Å². The molecule has 0 heterocycles. The summed E-state index contributed by atoms with van der Waals surface area (Å²) in [4.78, 5) is 2.08. The molecule has 128 valence electrons. The molecule has 0 N–H and O–H groups in total. The van der Waals surface area contributed by atoms with Gasteiger partial charge in [-0.25, -0.2) is 0 Å². The summed E-state index contributed by atoms with van der Waals surface area (Å²) in [5.74, 6) is 0.518. The second-order valence-corrected chi connectivity index (χ2v) is 4.93. The largest absolute Gasteiger partial charge is 0.378 e. The van der Waals surface area contributed by atoms with E-state index in [1.807, 2.05) is 14.1 Å². The van der Waals surface area contributed by atoms with E-state index in [4.69, 9.17) is 35.3 Å². The standard InChI is InChI=1S/C14H30ClNO5/c1-16(2)4-6-18-8-10-20-12-14-21-13-11-19-9-7-17-5-3-15/h3-14H2,1-2H3. The molecule has 0 aromatic rings. The fourth-order valence-electron chi connectivity index (χ4n) is 1.28. The molecule has 0 saturated heterocycles. The summed E-state index contributed by atoms with van der Waals surface area (Å²) in [5.41, 5.74) is 0. The van der Waals surface area contributed by atoms with Crippen molar-refractivity contribution in [3.05, 3.63) is 0 Å². The number of rotatable bonds is 17. The molecule has 21 heavy (non-hydrogen) atoms. The Morgan fingerprint density at radius 2 is 0.905 bits per heavy atom. The quantitative estimate of drug-likeness (QED) is 0.292. The number of hydrogen-bond donors (Lipinski definition) is 0. The number of nitrogens with zero attached hydrogens (tertiary/aromatic N) is 1. The Balaban J connectivity index is 2.93. The van der Waals surface area contributed by atoms with Gasteiger partial charge in [0, 0.05) is 12.4 Å². The van der Waals surface area contributed by atoms with Crippen LogP contribution in [0.25, 0.3) is 0 Å². The minimum Gasteiger partial charge on any atom is -0.378 e. The van der Waals surface area contributed by atoms with Crippen LogP contribution in [-0.4, -0.2) is 97.5 Å². The van der Waals surface area contributed by atoms with Gasteiger partial charge in [0.15, 0.2) is 0 Å². The molecule has 0 spiro atoms. The minimum absolute atomic E-state index is 0.518. The third-order valence-corrected chi connectivity index (χ3v) is 2.55. The van der Waals surface area contributed by atoms with E-state index in [-0.39, 0.29) is 0 Å². The maximum atomic E-state index is 5.46. The zero-order chi connectivity index (χ0) is 15.6. The zero-order valence-electron chi connectivity index (χ0n) is 13.4. The first kappa shape index (κ1) is 21.0. The third-order valence-electron chi connectivity index (χ3n) is 2.39. The number of ether oxygens (including phenoxy) is 5. The van der Waals surface area contributed by atoms with Gasteiger partial charge in [0.1, 0.15) is 0 Å². The van der Waals surface area contributed by atoms with Crippen LogP contribution < -0.4 is 0 Å². The fourth-order valence-corrected chi connectivity index (χ4v) is 1.39. The van der Waals surface area contributed by atoms with Crippen LogP contribution in [0.5, 0.6) is 0 Å². The van der Waals surface area contributed by atoms with Crippen molar-refractivity contribution in [2.75, 3.05) is 92.6 Å². The van der Waals surface area contributed by atoms with Gasteiger partial charge in [0.2, 0.25) is 0 Å². The van der Waals surface area contributed by atoms with Crippen LogP contribution in [0.2, 0.25) is 0 Å². The van der Waals surface area contributed by atoms with Crippen LogP contribution in [0.3, 0.4) is 0 Å². The molecule has 0 unspecified atom stereocenters. The highest BCUT2D eigenvalue weighted by molar-refractivity contribution is 6.17. The highest BCUT2D eigenvalue weighted by Crippen LogP contribution is 1.85. The van der Waals surface area contributed by atoms with Gasteiger partial charge in [0.05, 0.1) is 66.1 Å². The first-order valence-corrected chi connectivity index (χ1v) is 7.90. The molecule has 0 aliphatic rings. The van der Waals surface area contributed by atoms with Crippen molar-refractivity contribution in [3.63, 3.8) is 0 Å². The monoisotopic (exact) mass is 327 g/mol. The van der Waals surface area contributed by atoms with Crippen LogP contribution in [0.4, 0.5) is 0 Å². The van der Waals surface area contributed by atoms with Gasteiger partial charge < -0.3 is 28.6 Å². The summed E-state index contributed by atoms with van der Waals surface area (Å²) in [6.07, 6.45) is 0. The molecule has 0 aliphatic carbocycles. The number of halogens is 1. The highest BCUT2D eigenvalue weighted by Gasteiger charge is 1.94. The van der Waals surface area contributed by atoms with Crippen LogP contribution in [-0.2, 0) is 23.7 Å². The van der Waals surface area contributed by atoms with Gasteiger partial charge in [0.25, 0.3) is 0 Å². The van der Waals surface area contributed by atoms with E-state index in [9.17, 15) is 0 Å². The molecule has 0 aromatic heterocycles. The lowest BCUT2D eigenvalue weighted by Crippen LogP contribution is -2.19. The Labute approximate surface area is 133 Å². The third kappa shape index (κ3) is 20.1. The molecule has 6 nitrogen and oxygen atoms in total. The predicted octanol–water partition coefficient (Wildman–Crippen LogP) is 0.870. The normalized spacial score (nSPS) is 11.4. The van der Waals surface area contributed by atoms with E-state index in [0.717, 1.165) is 13.2 Å². The smallest absolute Gasteiger partial charge is 0.0701 e. The Morgan fingerprint density at radius 3 is 1.24 bits per heavy atom. The summed E-state index contributed by atoms with van der Waals surface area (Å²) < 4.78 is 26.6. The van der Waals surface area contributed by atoms with Crippen molar-refractivity contribution in [2.24, 2.45) is 0 Å². The molecule has 0 saturated carbocycles. The molecule has 0 aromatic carbocycles. The van der Waals surface area contributed by atoms with Crippen LogP contribution in [0, 0.1) is 0 Å². The maximum Gasteiger partial charge on any atom is 0.0701 e. The highest BCUT2D eigenvalue weighted by atomic mass is 35.5. The summed E-state index contributed by atoms with van der Waals surface area (Å²) in [5, 5.41) is 0. The van der Waals surface area contributed by atoms with Crippen molar-refractivity contribution in [1.29, 1.82) is 0 Å². The molecular formula is C14H30ClNO5. The van der Waals surface area contributed by atoms with Gasteiger partial charge in [-0.3, -0.25) is 0 Å². The van der Waals surface area contributed by atoms with E-state index in [1.54, 1.807) is 0 Å². The average molecular weight is 328 g/mol. The summed E-state index contributed by atoms with van der Waals surface area (Å²) in [6, 6.07) is 0.